The van der Waals surface area contributed by atoms with Gasteiger partial charge >= 0.3 is 0 Å². The maximum atomic E-state index is 12.5. The predicted molar refractivity (Wildman–Crippen MR) is 92.6 cm³/mol. The summed E-state index contributed by atoms with van der Waals surface area (Å²) in [6.45, 7) is 5.87. The number of aromatic nitrogens is 1. The Balaban J connectivity index is 1.45. The first kappa shape index (κ1) is 14.8. The number of para-hydroxylation sites is 1. The molecule has 2 aromatic rings. The number of aryl methyl sites for hydroxylation is 1. The van der Waals surface area contributed by atoms with Crippen LogP contribution in [-0.4, -0.2) is 35.4 Å². The number of carbonyl (C=O) groups excluding carboxylic acids is 1. The summed E-state index contributed by atoms with van der Waals surface area (Å²) < 4.78 is 0. The molecule has 0 N–H and O–H groups in total. The fourth-order valence-electron chi connectivity index (χ4n) is 3.88. The molecule has 1 spiro atoms. The van der Waals surface area contributed by atoms with Crippen molar-refractivity contribution >= 4 is 22.9 Å². The van der Waals surface area contributed by atoms with Crippen molar-refractivity contribution in [2.75, 3.05) is 24.5 Å². The molecule has 0 bridgehead atoms. The van der Waals surface area contributed by atoms with Crippen LogP contribution >= 0.6 is 11.3 Å². The second-order valence-electron chi connectivity index (χ2n) is 6.81. The average Bonchev–Trinajstić information content (AvgIpc) is 3.22. The zero-order valence-corrected chi connectivity index (χ0v) is 14.2. The third-order valence-electron chi connectivity index (χ3n) is 4.96. The van der Waals surface area contributed by atoms with Crippen molar-refractivity contribution in [1.29, 1.82) is 0 Å². The Morgan fingerprint density at radius 1 is 1.26 bits per heavy atom. The first-order valence-corrected chi connectivity index (χ1v) is 9.00. The molecule has 1 aromatic carbocycles. The van der Waals surface area contributed by atoms with Crippen LogP contribution in [0.5, 0.6) is 0 Å². The van der Waals surface area contributed by atoms with Crippen molar-refractivity contribution < 1.29 is 4.79 Å². The van der Waals surface area contributed by atoms with E-state index in [0.717, 1.165) is 49.0 Å². The van der Waals surface area contributed by atoms with E-state index in [0.29, 0.717) is 6.42 Å². The molecule has 1 atom stereocenters. The molecule has 5 heteroatoms. The van der Waals surface area contributed by atoms with Gasteiger partial charge in [0.2, 0.25) is 5.91 Å². The van der Waals surface area contributed by atoms with Crippen LogP contribution in [-0.2, 0) is 11.3 Å². The van der Waals surface area contributed by atoms with Crippen LogP contribution in [0.25, 0.3) is 0 Å². The van der Waals surface area contributed by atoms with Crippen molar-refractivity contribution in [2.45, 2.75) is 26.3 Å². The van der Waals surface area contributed by atoms with Gasteiger partial charge in [-0.2, -0.15) is 0 Å². The molecular weight excluding hydrogens is 306 g/mol. The van der Waals surface area contributed by atoms with E-state index in [1.54, 1.807) is 11.3 Å². The van der Waals surface area contributed by atoms with Crippen LogP contribution in [0.3, 0.4) is 0 Å². The molecule has 0 aliphatic carbocycles. The van der Waals surface area contributed by atoms with Crippen LogP contribution in [0.1, 0.15) is 23.5 Å². The molecule has 4 nitrogen and oxygen atoms in total. The van der Waals surface area contributed by atoms with E-state index in [9.17, 15) is 4.79 Å². The highest BCUT2D eigenvalue weighted by molar-refractivity contribution is 7.09. The van der Waals surface area contributed by atoms with Gasteiger partial charge in [-0.1, -0.05) is 18.2 Å². The summed E-state index contributed by atoms with van der Waals surface area (Å²) in [5.41, 5.74) is 2.31. The van der Waals surface area contributed by atoms with Gasteiger partial charge in [-0.3, -0.25) is 9.69 Å². The molecule has 4 rings (SSSR count). The lowest BCUT2D eigenvalue weighted by Crippen LogP contribution is -2.31. The Morgan fingerprint density at radius 2 is 2.09 bits per heavy atom. The summed E-state index contributed by atoms with van der Waals surface area (Å²) in [5, 5.41) is 3.27. The normalized spacial score (nSPS) is 24.9. The first-order valence-electron chi connectivity index (χ1n) is 8.12. The van der Waals surface area contributed by atoms with Crippen LogP contribution in [0.4, 0.5) is 5.69 Å². The minimum Gasteiger partial charge on any atom is -0.312 e. The van der Waals surface area contributed by atoms with Crippen molar-refractivity contribution in [3.63, 3.8) is 0 Å². The number of anilines is 1. The molecular formula is C18H21N3OS. The molecule has 3 heterocycles. The minimum absolute atomic E-state index is 0.123. The number of nitrogens with zero attached hydrogens (tertiary/aromatic N) is 3. The summed E-state index contributed by atoms with van der Waals surface area (Å²) in [6, 6.07) is 10.1. The standard InChI is InChI=1S/C18H21N3OS/c1-14-19-15(11-23-14)10-20-8-7-18(12-20)9-17(22)21(13-18)16-5-3-2-4-6-16/h2-6,11H,7-10,12-13H2,1H3/t18-/m1/s1. The van der Waals surface area contributed by atoms with E-state index >= 15 is 0 Å². The van der Waals surface area contributed by atoms with Crippen LogP contribution in [0.15, 0.2) is 35.7 Å². The number of thiazole rings is 1. The lowest BCUT2D eigenvalue weighted by molar-refractivity contribution is -0.117. The number of rotatable bonds is 3. The van der Waals surface area contributed by atoms with Gasteiger partial charge in [0, 0.05) is 42.5 Å². The second kappa shape index (κ2) is 5.73. The molecule has 0 unspecified atom stereocenters. The summed E-state index contributed by atoms with van der Waals surface area (Å²) in [5.74, 6) is 0.266. The molecule has 2 fully saturated rings. The Labute approximate surface area is 140 Å². The summed E-state index contributed by atoms with van der Waals surface area (Å²) in [4.78, 5) is 21.5. The van der Waals surface area contributed by atoms with E-state index < -0.39 is 0 Å². The van der Waals surface area contributed by atoms with Gasteiger partial charge in [-0.15, -0.1) is 11.3 Å². The third-order valence-corrected chi connectivity index (χ3v) is 5.78. The number of hydrogen-bond donors (Lipinski definition) is 0. The quantitative estimate of drug-likeness (QED) is 0.869. The number of carbonyl (C=O) groups is 1. The molecule has 1 aromatic heterocycles. The fraction of sp³-hybridized carbons (Fsp3) is 0.444. The highest BCUT2D eigenvalue weighted by atomic mass is 32.1. The molecule has 23 heavy (non-hydrogen) atoms. The highest BCUT2D eigenvalue weighted by Gasteiger charge is 2.47. The summed E-state index contributed by atoms with van der Waals surface area (Å²) >= 11 is 1.71. The third kappa shape index (κ3) is 2.91. The van der Waals surface area contributed by atoms with Crippen LogP contribution < -0.4 is 4.90 Å². The van der Waals surface area contributed by atoms with E-state index in [2.05, 4.69) is 15.3 Å². The Kier molecular flexibility index (Phi) is 3.70. The smallest absolute Gasteiger partial charge is 0.227 e. The summed E-state index contributed by atoms with van der Waals surface area (Å²) in [6.07, 6.45) is 1.78. The Morgan fingerprint density at radius 3 is 2.83 bits per heavy atom. The minimum atomic E-state index is 0.123. The lowest BCUT2D eigenvalue weighted by atomic mass is 9.86. The van der Waals surface area contributed by atoms with Gasteiger partial charge in [0.05, 0.1) is 10.7 Å². The molecule has 0 saturated carbocycles. The van der Waals surface area contributed by atoms with E-state index in [-0.39, 0.29) is 11.3 Å². The van der Waals surface area contributed by atoms with Gasteiger partial charge in [0.15, 0.2) is 0 Å². The Hall–Kier alpha value is -1.72. The molecule has 2 aliphatic rings. The number of amides is 1. The van der Waals surface area contributed by atoms with Crippen molar-refractivity contribution in [2.24, 2.45) is 5.41 Å². The maximum absolute atomic E-state index is 12.5. The van der Waals surface area contributed by atoms with Gasteiger partial charge in [0.1, 0.15) is 0 Å². The lowest BCUT2D eigenvalue weighted by Gasteiger charge is -2.24. The second-order valence-corrected chi connectivity index (χ2v) is 7.87. The average molecular weight is 327 g/mol. The monoisotopic (exact) mass is 327 g/mol. The van der Waals surface area contributed by atoms with Crippen molar-refractivity contribution in [3.8, 4) is 0 Å². The van der Waals surface area contributed by atoms with E-state index in [4.69, 9.17) is 0 Å². The van der Waals surface area contributed by atoms with E-state index in [1.807, 2.05) is 42.2 Å². The zero-order chi connectivity index (χ0) is 15.9. The molecule has 2 aliphatic heterocycles. The molecule has 0 radical (unpaired) electrons. The first-order chi connectivity index (χ1) is 11.1. The van der Waals surface area contributed by atoms with Crippen LogP contribution in [0, 0.1) is 12.3 Å². The van der Waals surface area contributed by atoms with Crippen LogP contribution in [0.2, 0.25) is 0 Å². The summed E-state index contributed by atoms with van der Waals surface area (Å²) in [7, 11) is 0. The Bertz CT molecular complexity index is 714. The van der Waals surface area contributed by atoms with Gasteiger partial charge in [-0.05, 0) is 32.0 Å². The molecule has 1 amide bonds. The number of benzene rings is 1. The molecule has 2 saturated heterocycles. The largest absolute Gasteiger partial charge is 0.312 e. The fourth-order valence-corrected chi connectivity index (χ4v) is 4.49. The SMILES string of the molecule is Cc1nc(CN2CC[C@@]3(CC(=O)N(c4ccccc4)C3)C2)cs1. The van der Waals surface area contributed by atoms with Gasteiger partial charge < -0.3 is 4.90 Å². The predicted octanol–water partition coefficient (Wildman–Crippen LogP) is 3.08. The van der Waals surface area contributed by atoms with Gasteiger partial charge in [-0.25, -0.2) is 4.98 Å². The molecule has 120 valence electrons. The number of likely N-dealkylation sites (tertiary alicyclic amines) is 1. The number of hydrogen-bond acceptors (Lipinski definition) is 4. The van der Waals surface area contributed by atoms with E-state index in [1.165, 1.54) is 0 Å². The van der Waals surface area contributed by atoms with Crippen molar-refractivity contribution in [1.82, 2.24) is 9.88 Å². The highest BCUT2D eigenvalue weighted by Crippen LogP contribution is 2.42. The van der Waals surface area contributed by atoms with Gasteiger partial charge in [0.25, 0.3) is 0 Å². The van der Waals surface area contributed by atoms with Crippen molar-refractivity contribution in [3.05, 3.63) is 46.4 Å². The topological polar surface area (TPSA) is 36.4 Å². The maximum Gasteiger partial charge on any atom is 0.227 e. The zero-order valence-electron chi connectivity index (χ0n) is 13.4.